The average molecular weight is 390 g/mol. The summed E-state index contributed by atoms with van der Waals surface area (Å²) in [6, 6.07) is 26.4. The number of fused-ring (bicyclic) bond motifs is 1. The van der Waals surface area contributed by atoms with Crippen LogP contribution in [0.1, 0.15) is 16.7 Å². The number of carbonyl (C=O) groups is 1. The van der Waals surface area contributed by atoms with Crippen molar-refractivity contribution in [2.45, 2.75) is 16.9 Å². The molecule has 0 saturated heterocycles. The lowest BCUT2D eigenvalue weighted by Crippen LogP contribution is -2.38. The molecule has 0 radical (unpaired) electrons. The van der Waals surface area contributed by atoms with Crippen LogP contribution in [0.25, 0.3) is 0 Å². The second kappa shape index (κ2) is 7.72. The van der Waals surface area contributed by atoms with Crippen LogP contribution in [0.15, 0.2) is 78.9 Å². The van der Waals surface area contributed by atoms with Gasteiger partial charge < -0.3 is 9.64 Å². The van der Waals surface area contributed by atoms with Crippen LogP contribution in [0.4, 0.5) is 5.69 Å². The number of nitrogens with zero attached hydrogens (tertiary/aromatic N) is 1. The van der Waals surface area contributed by atoms with E-state index in [9.17, 15) is 4.79 Å². The summed E-state index contributed by atoms with van der Waals surface area (Å²) >= 11 is 1.71. The van der Waals surface area contributed by atoms with E-state index in [-0.39, 0.29) is 5.91 Å². The Morgan fingerprint density at radius 1 is 0.929 bits per heavy atom. The summed E-state index contributed by atoms with van der Waals surface area (Å²) in [5.41, 5.74) is 4.33. The molecule has 1 aliphatic rings. The van der Waals surface area contributed by atoms with Gasteiger partial charge in [-0.1, -0.05) is 66.7 Å². The minimum atomic E-state index is -0.671. The van der Waals surface area contributed by atoms with Crippen LogP contribution in [0, 0.1) is 0 Å². The third-order valence-electron chi connectivity index (χ3n) is 5.31. The summed E-state index contributed by atoms with van der Waals surface area (Å²) in [6.45, 7) is 0. The number of hydrogen-bond donors (Lipinski definition) is 0. The summed E-state index contributed by atoms with van der Waals surface area (Å²) in [4.78, 5) is 15.4. The van der Waals surface area contributed by atoms with Gasteiger partial charge in [-0.25, -0.2) is 0 Å². The molecule has 142 valence electrons. The first-order valence-electron chi connectivity index (χ1n) is 9.33. The van der Waals surface area contributed by atoms with Crippen molar-refractivity contribution in [2.24, 2.45) is 0 Å². The molecule has 0 aromatic heterocycles. The Bertz CT molecular complexity index is 989. The SMILES string of the molecule is COc1ccccc1C[C@@]1(SCc2ccccc2)C(=O)N(C)c2ccccc21. The third kappa shape index (κ3) is 3.18. The highest BCUT2D eigenvalue weighted by atomic mass is 32.2. The van der Waals surface area contributed by atoms with Crippen LogP contribution in [-0.2, 0) is 21.7 Å². The molecule has 1 aliphatic heterocycles. The lowest BCUT2D eigenvalue weighted by Gasteiger charge is -2.29. The van der Waals surface area contributed by atoms with Gasteiger partial charge in [-0.05, 0) is 23.3 Å². The summed E-state index contributed by atoms with van der Waals surface area (Å²) in [5.74, 6) is 1.71. The summed E-state index contributed by atoms with van der Waals surface area (Å²) in [6.07, 6.45) is 0.592. The predicted molar refractivity (Wildman–Crippen MR) is 116 cm³/mol. The van der Waals surface area contributed by atoms with Gasteiger partial charge in [0, 0.05) is 30.5 Å². The van der Waals surface area contributed by atoms with Crippen LogP contribution in [0.2, 0.25) is 0 Å². The van der Waals surface area contributed by atoms with Crippen molar-refractivity contribution >= 4 is 23.4 Å². The molecule has 0 N–H and O–H groups in total. The molecule has 1 amide bonds. The van der Waals surface area contributed by atoms with Crippen LogP contribution >= 0.6 is 11.8 Å². The standard InChI is InChI=1S/C24H23NO2S/c1-25-21-14-8-7-13-20(21)24(23(25)26,28-17-18-10-4-3-5-11-18)16-19-12-6-9-15-22(19)27-2/h3-15H,16-17H2,1-2H3/t24-/m0/s1. The fraction of sp³-hybridized carbons (Fsp3) is 0.208. The van der Waals surface area contributed by atoms with E-state index in [2.05, 4.69) is 24.3 Å². The Balaban J connectivity index is 1.78. The molecule has 0 saturated carbocycles. The summed E-state index contributed by atoms with van der Waals surface area (Å²) in [7, 11) is 3.55. The average Bonchev–Trinajstić information content (AvgIpc) is 2.96. The summed E-state index contributed by atoms with van der Waals surface area (Å²) in [5, 5.41) is 0. The highest BCUT2D eigenvalue weighted by molar-refractivity contribution is 8.00. The number of hydrogen-bond acceptors (Lipinski definition) is 3. The van der Waals surface area contributed by atoms with Gasteiger partial charge in [0.1, 0.15) is 10.5 Å². The van der Waals surface area contributed by atoms with Crippen molar-refractivity contribution in [1.29, 1.82) is 0 Å². The largest absolute Gasteiger partial charge is 0.496 e. The van der Waals surface area contributed by atoms with E-state index in [0.717, 1.165) is 28.3 Å². The van der Waals surface area contributed by atoms with Gasteiger partial charge in [0.05, 0.1) is 7.11 Å². The van der Waals surface area contributed by atoms with Crippen LogP contribution in [0.3, 0.4) is 0 Å². The Morgan fingerprint density at radius 2 is 1.61 bits per heavy atom. The van der Waals surface area contributed by atoms with Gasteiger partial charge in [-0.3, -0.25) is 4.79 Å². The molecule has 3 aromatic carbocycles. The minimum absolute atomic E-state index is 0.125. The van der Waals surface area contributed by atoms with Crippen molar-refractivity contribution in [3.63, 3.8) is 0 Å². The first kappa shape index (κ1) is 18.6. The first-order chi connectivity index (χ1) is 13.7. The quantitative estimate of drug-likeness (QED) is 0.591. The van der Waals surface area contributed by atoms with Gasteiger partial charge in [0.2, 0.25) is 5.91 Å². The van der Waals surface area contributed by atoms with Crippen molar-refractivity contribution in [2.75, 3.05) is 19.1 Å². The minimum Gasteiger partial charge on any atom is -0.496 e. The van der Waals surface area contributed by atoms with E-state index < -0.39 is 4.75 Å². The van der Waals surface area contributed by atoms with Gasteiger partial charge in [0.25, 0.3) is 0 Å². The number of methoxy groups -OCH3 is 1. The van der Waals surface area contributed by atoms with Gasteiger partial charge in [-0.2, -0.15) is 0 Å². The Kier molecular flexibility index (Phi) is 5.14. The van der Waals surface area contributed by atoms with Crippen molar-refractivity contribution in [1.82, 2.24) is 0 Å². The fourth-order valence-corrected chi connectivity index (χ4v) is 5.31. The second-order valence-electron chi connectivity index (χ2n) is 6.97. The molecule has 0 fully saturated rings. The number of rotatable bonds is 6. The number of likely N-dealkylation sites (N-methyl/N-ethyl adjacent to an activating group) is 1. The monoisotopic (exact) mass is 389 g/mol. The number of thioether (sulfide) groups is 1. The third-order valence-corrected chi connectivity index (χ3v) is 6.82. The van der Waals surface area contributed by atoms with E-state index >= 15 is 0 Å². The first-order valence-corrected chi connectivity index (χ1v) is 10.3. The number of amides is 1. The molecule has 4 heteroatoms. The van der Waals surface area contributed by atoms with Gasteiger partial charge >= 0.3 is 0 Å². The molecule has 28 heavy (non-hydrogen) atoms. The van der Waals surface area contributed by atoms with Crippen LogP contribution in [0.5, 0.6) is 5.75 Å². The molecule has 0 bridgehead atoms. The maximum Gasteiger partial charge on any atom is 0.247 e. The molecular formula is C24H23NO2S. The number of benzene rings is 3. The van der Waals surface area contributed by atoms with Crippen molar-refractivity contribution in [3.8, 4) is 5.75 Å². The Hall–Kier alpha value is -2.72. The maximum atomic E-state index is 13.6. The van der Waals surface area contributed by atoms with E-state index in [1.54, 1.807) is 23.8 Å². The van der Waals surface area contributed by atoms with Gasteiger partial charge in [0.15, 0.2) is 0 Å². The van der Waals surface area contributed by atoms with Crippen molar-refractivity contribution in [3.05, 3.63) is 95.6 Å². The normalized spacial score (nSPS) is 18.2. The molecule has 0 unspecified atom stereocenters. The number of ether oxygens (including phenoxy) is 1. The molecule has 0 aliphatic carbocycles. The molecule has 3 nitrogen and oxygen atoms in total. The van der Waals surface area contributed by atoms with Crippen molar-refractivity contribution < 1.29 is 9.53 Å². The zero-order chi connectivity index (χ0) is 19.6. The van der Waals surface area contributed by atoms with Crippen LogP contribution < -0.4 is 9.64 Å². The zero-order valence-electron chi connectivity index (χ0n) is 16.1. The fourth-order valence-electron chi connectivity index (χ4n) is 3.86. The molecule has 3 aromatic rings. The molecule has 1 heterocycles. The topological polar surface area (TPSA) is 29.5 Å². The zero-order valence-corrected chi connectivity index (χ0v) is 16.9. The molecular weight excluding hydrogens is 366 g/mol. The maximum absolute atomic E-state index is 13.6. The number of anilines is 1. The lowest BCUT2D eigenvalue weighted by atomic mass is 9.91. The predicted octanol–water partition coefficient (Wildman–Crippen LogP) is 5.04. The highest BCUT2D eigenvalue weighted by Gasteiger charge is 2.50. The summed E-state index contributed by atoms with van der Waals surface area (Å²) < 4.78 is 4.91. The number of para-hydroxylation sites is 2. The highest BCUT2D eigenvalue weighted by Crippen LogP contribution is 2.51. The van der Waals surface area contributed by atoms with E-state index in [1.807, 2.05) is 61.6 Å². The van der Waals surface area contributed by atoms with Gasteiger partial charge in [-0.15, -0.1) is 11.8 Å². The molecule has 4 rings (SSSR count). The molecule has 0 spiro atoms. The Labute approximate surface area is 170 Å². The van der Waals surface area contributed by atoms with E-state index in [0.29, 0.717) is 6.42 Å². The van der Waals surface area contributed by atoms with E-state index in [1.165, 1.54) is 5.56 Å². The Morgan fingerprint density at radius 3 is 2.39 bits per heavy atom. The second-order valence-corrected chi connectivity index (χ2v) is 8.25. The smallest absolute Gasteiger partial charge is 0.247 e. The van der Waals surface area contributed by atoms with E-state index in [4.69, 9.17) is 4.74 Å². The molecule has 1 atom stereocenters. The lowest BCUT2D eigenvalue weighted by molar-refractivity contribution is -0.120. The number of carbonyl (C=O) groups excluding carboxylic acids is 1. The van der Waals surface area contributed by atoms with Crippen LogP contribution in [-0.4, -0.2) is 20.1 Å².